The molecule has 0 aliphatic carbocycles. The Morgan fingerprint density at radius 3 is 2.29 bits per heavy atom. The van der Waals surface area contributed by atoms with Crippen molar-refractivity contribution in [2.24, 2.45) is 0 Å². The van der Waals surface area contributed by atoms with E-state index in [2.05, 4.69) is 5.32 Å². The minimum absolute atomic E-state index is 0.0574. The smallest absolute Gasteiger partial charge is 0.254 e. The normalized spacial score (nSPS) is 12.0. The number of rotatable bonds is 4. The Kier molecular flexibility index (Phi) is 4.62. The van der Waals surface area contributed by atoms with Crippen molar-refractivity contribution in [2.75, 3.05) is 6.54 Å². The fourth-order valence-electron chi connectivity index (χ4n) is 1.92. The van der Waals surface area contributed by atoms with Crippen molar-refractivity contribution < 1.29 is 18.0 Å². The zero-order valence-electron chi connectivity index (χ0n) is 11.4. The standard InChI is InChI=1S/C16H14F3NO/c1-10(11-2-4-12(17)5-3-11)9-20-16(21)14-7-6-13(18)8-15(14)19/h2-8,10H,9H2,1H3,(H,20,21). The van der Waals surface area contributed by atoms with E-state index in [1.807, 2.05) is 6.92 Å². The van der Waals surface area contributed by atoms with Crippen molar-refractivity contribution >= 4 is 5.91 Å². The Hall–Kier alpha value is -2.30. The lowest BCUT2D eigenvalue weighted by atomic mass is 10.0. The number of hydrogen-bond donors (Lipinski definition) is 1. The van der Waals surface area contributed by atoms with Gasteiger partial charge in [0.15, 0.2) is 0 Å². The molecule has 0 spiro atoms. The minimum atomic E-state index is -0.901. The number of benzene rings is 2. The molecule has 1 atom stereocenters. The summed E-state index contributed by atoms with van der Waals surface area (Å²) in [5.74, 6) is -2.63. The molecule has 1 amide bonds. The fourth-order valence-corrected chi connectivity index (χ4v) is 1.92. The molecular formula is C16H14F3NO. The molecule has 0 aliphatic heterocycles. The molecule has 2 aromatic carbocycles. The summed E-state index contributed by atoms with van der Waals surface area (Å²) < 4.78 is 39.0. The van der Waals surface area contributed by atoms with Crippen LogP contribution in [0.3, 0.4) is 0 Å². The second kappa shape index (κ2) is 6.43. The maximum atomic E-state index is 13.5. The van der Waals surface area contributed by atoms with Crippen LogP contribution in [-0.4, -0.2) is 12.5 Å². The zero-order valence-corrected chi connectivity index (χ0v) is 11.4. The molecule has 0 saturated heterocycles. The van der Waals surface area contributed by atoms with E-state index < -0.39 is 17.5 Å². The lowest BCUT2D eigenvalue weighted by Crippen LogP contribution is -2.28. The van der Waals surface area contributed by atoms with E-state index in [0.29, 0.717) is 6.07 Å². The van der Waals surface area contributed by atoms with E-state index in [0.717, 1.165) is 17.7 Å². The third-order valence-electron chi connectivity index (χ3n) is 3.18. The molecule has 2 rings (SSSR count). The van der Waals surface area contributed by atoms with Crippen molar-refractivity contribution in [3.63, 3.8) is 0 Å². The lowest BCUT2D eigenvalue weighted by molar-refractivity contribution is 0.0947. The first-order chi connectivity index (χ1) is 9.97. The van der Waals surface area contributed by atoms with Gasteiger partial charge in [-0.05, 0) is 35.7 Å². The number of amides is 1. The zero-order chi connectivity index (χ0) is 15.4. The van der Waals surface area contributed by atoms with Crippen molar-refractivity contribution in [2.45, 2.75) is 12.8 Å². The second-order valence-electron chi connectivity index (χ2n) is 4.79. The van der Waals surface area contributed by atoms with Crippen molar-refractivity contribution in [3.05, 3.63) is 71.0 Å². The molecule has 0 fully saturated rings. The van der Waals surface area contributed by atoms with Gasteiger partial charge in [-0.1, -0.05) is 19.1 Å². The second-order valence-corrected chi connectivity index (χ2v) is 4.79. The Labute approximate surface area is 120 Å². The molecule has 1 unspecified atom stereocenters. The number of carbonyl (C=O) groups is 1. The van der Waals surface area contributed by atoms with Crippen molar-refractivity contribution in [1.29, 1.82) is 0 Å². The van der Waals surface area contributed by atoms with Gasteiger partial charge < -0.3 is 5.32 Å². The lowest BCUT2D eigenvalue weighted by Gasteiger charge is -2.13. The van der Waals surface area contributed by atoms with E-state index >= 15 is 0 Å². The molecule has 0 aliphatic rings. The summed E-state index contributed by atoms with van der Waals surface area (Å²) in [6, 6.07) is 8.73. The molecule has 0 heterocycles. The maximum Gasteiger partial charge on any atom is 0.254 e. The Morgan fingerprint density at radius 2 is 1.67 bits per heavy atom. The van der Waals surface area contributed by atoms with E-state index in [1.54, 1.807) is 12.1 Å². The van der Waals surface area contributed by atoms with E-state index in [-0.39, 0.29) is 23.8 Å². The third kappa shape index (κ3) is 3.84. The molecular weight excluding hydrogens is 279 g/mol. The first-order valence-corrected chi connectivity index (χ1v) is 6.46. The molecule has 0 saturated carbocycles. The van der Waals surface area contributed by atoms with Crippen molar-refractivity contribution in [3.8, 4) is 0 Å². The van der Waals surface area contributed by atoms with Crippen molar-refractivity contribution in [1.82, 2.24) is 5.32 Å². The van der Waals surface area contributed by atoms with Crippen LogP contribution < -0.4 is 5.32 Å². The molecule has 2 aromatic rings. The van der Waals surface area contributed by atoms with Crippen LogP contribution in [0.25, 0.3) is 0 Å². The number of hydrogen-bond acceptors (Lipinski definition) is 1. The van der Waals surface area contributed by atoms with Gasteiger partial charge in [0.05, 0.1) is 5.56 Å². The Balaban J connectivity index is 1.99. The van der Waals surface area contributed by atoms with Gasteiger partial charge in [0.2, 0.25) is 0 Å². The van der Waals surface area contributed by atoms with Gasteiger partial charge in [0.25, 0.3) is 5.91 Å². The summed E-state index contributed by atoms with van der Waals surface area (Å²) in [6.07, 6.45) is 0. The number of nitrogens with one attached hydrogen (secondary N) is 1. The van der Waals surface area contributed by atoms with Gasteiger partial charge in [-0.3, -0.25) is 4.79 Å². The highest BCUT2D eigenvalue weighted by atomic mass is 19.1. The van der Waals surface area contributed by atoms with Crippen LogP contribution in [0, 0.1) is 17.5 Å². The third-order valence-corrected chi connectivity index (χ3v) is 3.18. The number of carbonyl (C=O) groups excluding carboxylic acids is 1. The fraction of sp³-hybridized carbons (Fsp3) is 0.188. The van der Waals surface area contributed by atoms with Gasteiger partial charge in [-0.25, -0.2) is 13.2 Å². The van der Waals surface area contributed by atoms with Gasteiger partial charge in [-0.2, -0.15) is 0 Å². The van der Waals surface area contributed by atoms with Crippen LogP contribution in [0.15, 0.2) is 42.5 Å². The average Bonchev–Trinajstić information content (AvgIpc) is 2.45. The van der Waals surface area contributed by atoms with Crippen LogP contribution in [0.1, 0.15) is 28.8 Å². The van der Waals surface area contributed by atoms with Crippen LogP contribution in [0.2, 0.25) is 0 Å². The molecule has 21 heavy (non-hydrogen) atoms. The van der Waals surface area contributed by atoms with Gasteiger partial charge >= 0.3 is 0 Å². The molecule has 2 nitrogen and oxygen atoms in total. The first-order valence-electron chi connectivity index (χ1n) is 6.46. The quantitative estimate of drug-likeness (QED) is 0.916. The predicted molar refractivity (Wildman–Crippen MR) is 73.5 cm³/mol. The molecule has 1 N–H and O–H groups in total. The predicted octanol–water partition coefficient (Wildman–Crippen LogP) is 3.64. The number of halogens is 3. The molecule has 0 aromatic heterocycles. The Bertz CT molecular complexity index is 640. The maximum absolute atomic E-state index is 13.5. The first kappa shape index (κ1) is 15.1. The Morgan fingerprint density at radius 1 is 1.05 bits per heavy atom. The summed E-state index contributed by atoms with van der Waals surface area (Å²) >= 11 is 0. The van der Waals surface area contributed by atoms with Gasteiger partial charge in [0, 0.05) is 12.6 Å². The minimum Gasteiger partial charge on any atom is -0.351 e. The van der Waals surface area contributed by atoms with Gasteiger partial charge in [0.1, 0.15) is 17.5 Å². The monoisotopic (exact) mass is 293 g/mol. The largest absolute Gasteiger partial charge is 0.351 e. The van der Waals surface area contributed by atoms with E-state index in [9.17, 15) is 18.0 Å². The topological polar surface area (TPSA) is 29.1 Å². The molecule has 0 radical (unpaired) electrons. The SMILES string of the molecule is CC(CNC(=O)c1ccc(F)cc1F)c1ccc(F)cc1. The van der Waals surface area contributed by atoms with Crippen LogP contribution in [-0.2, 0) is 0 Å². The highest BCUT2D eigenvalue weighted by molar-refractivity contribution is 5.94. The molecule has 5 heteroatoms. The van der Waals surface area contributed by atoms with E-state index in [1.165, 1.54) is 12.1 Å². The van der Waals surface area contributed by atoms with E-state index in [4.69, 9.17) is 0 Å². The summed E-state index contributed by atoms with van der Waals surface area (Å²) in [5, 5.41) is 2.58. The van der Waals surface area contributed by atoms with Gasteiger partial charge in [-0.15, -0.1) is 0 Å². The van der Waals surface area contributed by atoms with Crippen LogP contribution >= 0.6 is 0 Å². The average molecular weight is 293 g/mol. The summed E-state index contributed by atoms with van der Waals surface area (Å²) in [7, 11) is 0. The summed E-state index contributed by atoms with van der Waals surface area (Å²) in [5.41, 5.74) is 0.652. The highest BCUT2D eigenvalue weighted by Gasteiger charge is 2.14. The molecule has 0 bridgehead atoms. The highest BCUT2D eigenvalue weighted by Crippen LogP contribution is 2.15. The van der Waals surface area contributed by atoms with Crippen LogP contribution in [0.4, 0.5) is 13.2 Å². The summed E-state index contributed by atoms with van der Waals surface area (Å²) in [6.45, 7) is 2.12. The molecule has 110 valence electrons. The summed E-state index contributed by atoms with van der Waals surface area (Å²) in [4.78, 5) is 11.8. The van der Waals surface area contributed by atoms with Crippen LogP contribution in [0.5, 0.6) is 0 Å².